The molecular formula is C26H37F3. The molecule has 0 heterocycles. The van der Waals surface area contributed by atoms with Crippen LogP contribution in [-0.2, 0) is 6.42 Å². The van der Waals surface area contributed by atoms with E-state index in [2.05, 4.69) is 6.92 Å². The van der Waals surface area contributed by atoms with Gasteiger partial charge in [0.05, 0.1) is 5.56 Å². The van der Waals surface area contributed by atoms with Crippen molar-refractivity contribution in [3.8, 4) is 0 Å². The quantitative estimate of drug-likeness (QED) is 0.397. The van der Waals surface area contributed by atoms with Gasteiger partial charge in [-0.05, 0) is 93.1 Å². The Balaban J connectivity index is 1.65. The highest BCUT2D eigenvalue weighted by atomic mass is 19.3. The van der Waals surface area contributed by atoms with E-state index in [0.717, 1.165) is 43.4 Å². The summed E-state index contributed by atoms with van der Waals surface area (Å²) in [6.45, 7) is 4.20. The number of halogens is 3. The zero-order valence-corrected chi connectivity index (χ0v) is 18.1. The van der Waals surface area contributed by atoms with E-state index in [4.69, 9.17) is 0 Å². The standard InChI is InChI=1S/C26H37F3/c1-3-5-6-7-22-16-17-23(25(27)24(22)26(28)29)21-14-12-20(13-15-21)19-10-8-18(4-2)9-11-19/h3,5,16-21,26H,4,6-15H2,1-2H3. The van der Waals surface area contributed by atoms with Gasteiger partial charge in [-0.2, -0.15) is 0 Å². The molecule has 0 aliphatic heterocycles. The van der Waals surface area contributed by atoms with Gasteiger partial charge >= 0.3 is 0 Å². The van der Waals surface area contributed by atoms with Crippen LogP contribution in [0.15, 0.2) is 24.3 Å². The summed E-state index contributed by atoms with van der Waals surface area (Å²) in [7, 11) is 0. The number of hydrogen-bond donors (Lipinski definition) is 0. The van der Waals surface area contributed by atoms with Gasteiger partial charge in [0.2, 0.25) is 0 Å². The first kappa shape index (κ1) is 22.4. The summed E-state index contributed by atoms with van der Waals surface area (Å²) in [5.41, 5.74) is 0.635. The fourth-order valence-corrected chi connectivity index (χ4v) is 5.79. The maximum absolute atomic E-state index is 15.1. The molecule has 0 spiro atoms. The van der Waals surface area contributed by atoms with Crippen molar-refractivity contribution >= 4 is 0 Å². The summed E-state index contributed by atoms with van der Waals surface area (Å²) < 4.78 is 42.4. The van der Waals surface area contributed by atoms with Crippen LogP contribution in [0.2, 0.25) is 0 Å². The fourth-order valence-electron chi connectivity index (χ4n) is 5.79. The number of allylic oxidation sites excluding steroid dienone is 2. The summed E-state index contributed by atoms with van der Waals surface area (Å²) in [5.74, 6) is 1.96. The Morgan fingerprint density at radius 2 is 1.59 bits per heavy atom. The number of hydrogen-bond acceptors (Lipinski definition) is 0. The summed E-state index contributed by atoms with van der Waals surface area (Å²) in [6, 6.07) is 3.55. The molecule has 3 rings (SSSR count). The first-order valence-electron chi connectivity index (χ1n) is 11.8. The first-order valence-corrected chi connectivity index (χ1v) is 11.8. The Morgan fingerprint density at radius 1 is 0.966 bits per heavy atom. The Kier molecular flexibility index (Phi) is 8.26. The van der Waals surface area contributed by atoms with Crippen molar-refractivity contribution in [3.63, 3.8) is 0 Å². The van der Waals surface area contributed by atoms with E-state index in [0.29, 0.717) is 24.0 Å². The van der Waals surface area contributed by atoms with E-state index in [-0.39, 0.29) is 11.5 Å². The lowest BCUT2D eigenvalue weighted by Crippen LogP contribution is -2.25. The van der Waals surface area contributed by atoms with Crippen LogP contribution in [0.25, 0.3) is 0 Å². The van der Waals surface area contributed by atoms with Crippen molar-refractivity contribution in [1.82, 2.24) is 0 Å². The van der Waals surface area contributed by atoms with E-state index in [1.165, 1.54) is 32.1 Å². The van der Waals surface area contributed by atoms with Gasteiger partial charge in [-0.25, -0.2) is 13.2 Å². The zero-order valence-electron chi connectivity index (χ0n) is 18.1. The molecule has 2 aliphatic carbocycles. The highest BCUT2D eigenvalue weighted by Gasteiger charge is 2.32. The third kappa shape index (κ3) is 5.47. The van der Waals surface area contributed by atoms with E-state index in [1.807, 2.05) is 19.1 Å². The molecule has 2 aliphatic rings. The molecular weight excluding hydrogens is 369 g/mol. The van der Waals surface area contributed by atoms with Crippen LogP contribution in [0, 0.1) is 23.6 Å². The molecule has 0 saturated heterocycles. The predicted molar refractivity (Wildman–Crippen MR) is 115 cm³/mol. The topological polar surface area (TPSA) is 0 Å². The maximum Gasteiger partial charge on any atom is 0.266 e. The molecule has 2 saturated carbocycles. The molecule has 2 fully saturated rings. The largest absolute Gasteiger partial charge is 0.266 e. The number of aryl methyl sites for hydroxylation is 1. The second-order valence-corrected chi connectivity index (χ2v) is 9.25. The molecule has 0 N–H and O–H groups in total. The minimum absolute atomic E-state index is 0.0975. The van der Waals surface area contributed by atoms with Gasteiger partial charge in [0.1, 0.15) is 5.82 Å². The van der Waals surface area contributed by atoms with Crippen LogP contribution in [-0.4, -0.2) is 0 Å². The van der Waals surface area contributed by atoms with Gasteiger partial charge in [0.25, 0.3) is 6.43 Å². The minimum Gasteiger partial charge on any atom is -0.206 e. The Hall–Kier alpha value is -1.25. The van der Waals surface area contributed by atoms with Gasteiger partial charge in [0.15, 0.2) is 0 Å². The molecule has 3 heteroatoms. The predicted octanol–water partition coefficient (Wildman–Crippen LogP) is 8.76. The molecule has 1 aromatic rings. The van der Waals surface area contributed by atoms with E-state index in [9.17, 15) is 8.78 Å². The molecule has 29 heavy (non-hydrogen) atoms. The van der Waals surface area contributed by atoms with Crippen molar-refractivity contribution in [1.29, 1.82) is 0 Å². The lowest BCUT2D eigenvalue weighted by atomic mass is 9.68. The summed E-state index contributed by atoms with van der Waals surface area (Å²) >= 11 is 0. The number of rotatable bonds is 7. The van der Waals surface area contributed by atoms with Crippen LogP contribution in [0.1, 0.15) is 107 Å². The SMILES string of the molecule is CC=CCCc1ccc(C2CCC(C3CCC(CC)CC3)CC2)c(F)c1C(F)F. The van der Waals surface area contributed by atoms with E-state index < -0.39 is 12.2 Å². The summed E-state index contributed by atoms with van der Waals surface area (Å²) in [5, 5.41) is 0. The highest BCUT2D eigenvalue weighted by Crippen LogP contribution is 2.45. The van der Waals surface area contributed by atoms with Crippen LogP contribution < -0.4 is 0 Å². The molecule has 0 aromatic heterocycles. The molecule has 0 nitrogen and oxygen atoms in total. The highest BCUT2D eigenvalue weighted by molar-refractivity contribution is 5.37. The van der Waals surface area contributed by atoms with Crippen LogP contribution in [0.4, 0.5) is 13.2 Å². The first-order chi connectivity index (χ1) is 14.0. The van der Waals surface area contributed by atoms with Crippen LogP contribution in [0.3, 0.4) is 0 Å². The average molecular weight is 407 g/mol. The molecule has 0 radical (unpaired) electrons. The summed E-state index contributed by atoms with van der Waals surface area (Å²) in [4.78, 5) is 0. The average Bonchev–Trinajstić information content (AvgIpc) is 2.74. The van der Waals surface area contributed by atoms with Gasteiger partial charge in [-0.3, -0.25) is 0 Å². The molecule has 0 bridgehead atoms. The van der Waals surface area contributed by atoms with E-state index >= 15 is 4.39 Å². The van der Waals surface area contributed by atoms with Crippen LogP contribution >= 0.6 is 0 Å². The normalized spacial score (nSPS) is 28.3. The minimum atomic E-state index is -2.75. The van der Waals surface area contributed by atoms with Gasteiger partial charge < -0.3 is 0 Å². The number of benzene rings is 1. The van der Waals surface area contributed by atoms with Crippen molar-refractivity contribution in [2.24, 2.45) is 17.8 Å². The molecule has 0 amide bonds. The molecule has 0 atom stereocenters. The lowest BCUT2D eigenvalue weighted by Gasteiger charge is -2.38. The lowest BCUT2D eigenvalue weighted by molar-refractivity contribution is 0.143. The number of alkyl halides is 2. The molecule has 162 valence electrons. The third-order valence-electron chi connectivity index (χ3n) is 7.68. The smallest absolute Gasteiger partial charge is 0.206 e. The van der Waals surface area contributed by atoms with E-state index in [1.54, 1.807) is 12.1 Å². The van der Waals surface area contributed by atoms with Crippen LogP contribution in [0.5, 0.6) is 0 Å². The molecule has 1 aromatic carbocycles. The maximum atomic E-state index is 15.1. The third-order valence-corrected chi connectivity index (χ3v) is 7.68. The van der Waals surface area contributed by atoms with Gasteiger partial charge in [-0.15, -0.1) is 0 Å². The second-order valence-electron chi connectivity index (χ2n) is 9.25. The van der Waals surface area contributed by atoms with Gasteiger partial charge in [0, 0.05) is 0 Å². The van der Waals surface area contributed by atoms with Crippen molar-refractivity contribution in [3.05, 3.63) is 46.8 Å². The fraction of sp³-hybridized carbons (Fsp3) is 0.692. The zero-order chi connectivity index (χ0) is 20.8. The molecule has 0 unspecified atom stereocenters. The monoisotopic (exact) mass is 406 g/mol. The Labute approximate surface area is 175 Å². The van der Waals surface area contributed by atoms with Crippen molar-refractivity contribution < 1.29 is 13.2 Å². The Morgan fingerprint density at radius 3 is 2.14 bits per heavy atom. The summed E-state index contributed by atoms with van der Waals surface area (Å²) in [6.07, 6.45) is 13.1. The second kappa shape index (κ2) is 10.7. The van der Waals surface area contributed by atoms with Gasteiger partial charge in [-0.1, -0.05) is 50.5 Å². The van der Waals surface area contributed by atoms with Crippen molar-refractivity contribution in [2.45, 2.75) is 96.8 Å². The van der Waals surface area contributed by atoms with Crippen molar-refractivity contribution in [2.75, 3.05) is 0 Å². The Bertz CT molecular complexity index is 663.